The molecule has 1 N–H and O–H groups in total. The molecule has 0 aliphatic heterocycles. The molecular formula is C13H15NO2. The topological polar surface area (TPSA) is 41.8 Å². The standard InChI is InChI=1S/C13H15NO2/c1-3-7-14-10-11-5-6-12(9-13(11)15)16-8-4-2/h1,5-6,9-10,15H,4,7-8H2,2H3. The molecule has 0 aliphatic rings. The molecule has 0 aromatic heterocycles. The second-order valence-electron chi connectivity index (χ2n) is 3.24. The third-order valence-corrected chi connectivity index (χ3v) is 1.89. The van der Waals surface area contributed by atoms with Gasteiger partial charge in [0.15, 0.2) is 0 Å². The first-order valence-electron chi connectivity index (χ1n) is 5.17. The number of rotatable bonds is 5. The molecule has 84 valence electrons. The van der Waals surface area contributed by atoms with Gasteiger partial charge in [0.2, 0.25) is 0 Å². The molecule has 0 amide bonds. The lowest BCUT2D eigenvalue weighted by molar-refractivity contribution is 0.315. The van der Waals surface area contributed by atoms with Crippen molar-refractivity contribution in [3.63, 3.8) is 0 Å². The van der Waals surface area contributed by atoms with Crippen molar-refractivity contribution >= 4 is 6.21 Å². The number of benzene rings is 1. The Morgan fingerprint density at radius 3 is 3.00 bits per heavy atom. The molecule has 1 aromatic carbocycles. The van der Waals surface area contributed by atoms with Gasteiger partial charge in [-0.15, -0.1) is 6.42 Å². The lowest BCUT2D eigenvalue weighted by Crippen LogP contribution is -1.95. The number of ether oxygens (including phenoxy) is 1. The van der Waals surface area contributed by atoms with E-state index < -0.39 is 0 Å². The van der Waals surface area contributed by atoms with Crippen molar-refractivity contribution in [1.82, 2.24) is 0 Å². The predicted molar refractivity (Wildman–Crippen MR) is 65.2 cm³/mol. The van der Waals surface area contributed by atoms with Gasteiger partial charge in [0.05, 0.1) is 13.2 Å². The molecule has 16 heavy (non-hydrogen) atoms. The summed E-state index contributed by atoms with van der Waals surface area (Å²) in [7, 11) is 0. The van der Waals surface area contributed by atoms with Gasteiger partial charge in [-0.25, -0.2) is 0 Å². The minimum absolute atomic E-state index is 0.148. The zero-order valence-corrected chi connectivity index (χ0v) is 9.31. The highest BCUT2D eigenvalue weighted by atomic mass is 16.5. The monoisotopic (exact) mass is 217 g/mol. The SMILES string of the molecule is C#CCN=Cc1ccc(OCCC)cc1O. The molecule has 0 atom stereocenters. The highest BCUT2D eigenvalue weighted by Gasteiger charge is 2.00. The lowest BCUT2D eigenvalue weighted by Gasteiger charge is -2.05. The molecule has 3 nitrogen and oxygen atoms in total. The van der Waals surface area contributed by atoms with Crippen LogP contribution in [0.1, 0.15) is 18.9 Å². The Bertz CT molecular complexity index is 405. The maximum Gasteiger partial charge on any atom is 0.128 e. The number of aliphatic imine (C=N–C) groups is 1. The average Bonchev–Trinajstić information content (AvgIpc) is 2.29. The molecule has 0 bridgehead atoms. The summed E-state index contributed by atoms with van der Waals surface area (Å²) >= 11 is 0. The summed E-state index contributed by atoms with van der Waals surface area (Å²) in [5, 5.41) is 9.67. The number of phenolic OH excluding ortho intramolecular Hbond substituents is 1. The molecule has 3 heteroatoms. The Balaban J connectivity index is 2.72. The Morgan fingerprint density at radius 1 is 1.56 bits per heavy atom. The Hall–Kier alpha value is -1.95. The first-order chi connectivity index (χ1) is 7.77. The molecular weight excluding hydrogens is 202 g/mol. The second kappa shape index (κ2) is 6.52. The van der Waals surface area contributed by atoms with E-state index in [1.54, 1.807) is 24.4 Å². The van der Waals surface area contributed by atoms with Gasteiger partial charge in [-0.3, -0.25) is 4.99 Å². The van der Waals surface area contributed by atoms with E-state index in [-0.39, 0.29) is 5.75 Å². The average molecular weight is 217 g/mol. The summed E-state index contributed by atoms with van der Waals surface area (Å²) in [4.78, 5) is 3.95. The quantitative estimate of drug-likeness (QED) is 0.607. The van der Waals surface area contributed by atoms with E-state index in [1.165, 1.54) is 0 Å². The summed E-state index contributed by atoms with van der Waals surface area (Å²) in [5.74, 6) is 3.20. The van der Waals surface area contributed by atoms with Gasteiger partial charge in [-0.05, 0) is 18.6 Å². The number of hydrogen-bond acceptors (Lipinski definition) is 3. The van der Waals surface area contributed by atoms with E-state index in [2.05, 4.69) is 10.9 Å². The van der Waals surface area contributed by atoms with E-state index in [0.29, 0.717) is 24.5 Å². The summed E-state index contributed by atoms with van der Waals surface area (Å²) in [6.45, 7) is 2.98. The molecule has 0 heterocycles. The second-order valence-corrected chi connectivity index (χ2v) is 3.24. The van der Waals surface area contributed by atoms with Gasteiger partial charge < -0.3 is 9.84 Å². The van der Waals surface area contributed by atoms with E-state index >= 15 is 0 Å². The fourth-order valence-corrected chi connectivity index (χ4v) is 1.14. The van der Waals surface area contributed by atoms with Crippen molar-refractivity contribution in [2.75, 3.05) is 13.2 Å². The van der Waals surface area contributed by atoms with Crippen LogP contribution >= 0.6 is 0 Å². The van der Waals surface area contributed by atoms with Crippen LogP contribution in [0.5, 0.6) is 11.5 Å². The van der Waals surface area contributed by atoms with Crippen molar-refractivity contribution in [1.29, 1.82) is 0 Å². The number of aromatic hydroxyl groups is 1. The van der Waals surface area contributed by atoms with E-state index in [1.807, 2.05) is 6.92 Å². The predicted octanol–water partition coefficient (Wildman–Crippen LogP) is 2.23. The molecule has 0 aliphatic carbocycles. The van der Waals surface area contributed by atoms with E-state index in [4.69, 9.17) is 11.2 Å². The van der Waals surface area contributed by atoms with E-state index in [0.717, 1.165) is 6.42 Å². The highest BCUT2D eigenvalue weighted by Crippen LogP contribution is 2.22. The lowest BCUT2D eigenvalue weighted by atomic mass is 10.2. The fourth-order valence-electron chi connectivity index (χ4n) is 1.14. The van der Waals surface area contributed by atoms with Crippen molar-refractivity contribution in [2.45, 2.75) is 13.3 Å². The maximum absolute atomic E-state index is 9.67. The smallest absolute Gasteiger partial charge is 0.128 e. The third kappa shape index (κ3) is 3.66. The van der Waals surface area contributed by atoms with E-state index in [9.17, 15) is 5.11 Å². The Kier molecular flexibility index (Phi) is 4.94. The van der Waals surface area contributed by atoms with Crippen molar-refractivity contribution < 1.29 is 9.84 Å². The number of terminal acetylenes is 1. The Labute approximate surface area is 95.8 Å². The van der Waals surface area contributed by atoms with Gasteiger partial charge in [0.1, 0.15) is 11.5 Å². The van der Waals surface area contributed by atoms with Gasteiger partial charge in [0.25, 0.3) is 0 Å². The zero-order valence-electron chi connectivity index (χ0n) is 9.31. The number of nitrogens with zero attached hydrogens (tertiary/aromatic N) is 1. The van der Waals surface area contributed by atoms with Crippen LogP contribution in [0.25, 0.3) is 0 Å². The molecule has 1 aromatic rings. The largest absolute Gasteiger partial charge is 0.507 e. The highest BCUT2D eigenvalue weighted by molar-refractivity contribution is 5.83. The summed E-state index contributed by atoms with van der Waals surface area (Å²) < 4.78 is 5.38. The summed E-state index contributed by atoms with van der Waals surface area (Å²) in [6, 6.07) is 5.12. The minimum Gasteiger partial charge on any atom is -0.507 e. The minimum atomic E-state index is 0.148. The molecule has 0 unspecified atom stereocenters. The first kappa shape index (κ1) is 12.1. The summed E-state index contributed by atoms with van der Waals surface area (Å²) in [6.07, 6.45) is 7.55. The molecule has 0 saturated heterocycles. The number of hydrogen-bond donors (Lipinski definition) is 1. The van der Waals surface area contributed by atoms with Gasteiger partial charge in [-0.1, -0.05) is 12.8 Å². The maximum atomic E-state index is 9.67. The summed E-state index contributed by atoms with van der Waals surface area (Å²) in [5.41, 5.74) is 0.638. The first-order valence-corrected chi connectivity index (χ1v) is 5.17. The van der Waals surface area contributed by atoms with Gasteiger partial charge >= 0.3 is 0 Å². The van der Waals surface area contributed by atoms with Crippen LogP contribution in [0.4, 0.5) is 0 Å². The Morgan fingerprint density at radius 2 is 2.38 bits per heavy atom. The molecule has 1 rings (SSSR count). The molecule has 0 fully saturated rings. The van der Waals surface area contributed by atoms with Crippen LogP contribution in [-0.2, 0) is 0 Å². The normalized spacial score (nSPS) is 10.2. The van der Waals surface area contributed by atoms with Crippen LogP contribution < -0.4 is 4.74 Å². The third-order valence-electron chi connectivity index (χ3n) is 1.89. The van der Waals surface area contributed by atoms with Crippen molar-refractivity contribution in [3.05, 3.63) is 23.8 Å². The molecule has 0 radical (unpaired) electrons. The van der Waals surface area contributed by atoms with Gasteiger partial charge in [0, 0.05) is 17.8 Å². The van der Waals surface area contributed by atoms with Crippen molar-refractivity contribution in [3.8, 4) is 23.8 Å². The molecule has 0 spiro atoms. The van der Waals surface area contributed by atoms with Crippen molar-refractivity contribution in [2.24, 2.45) is 4.99 Å². The molecule has 0 saturated carbocycles. The number of phenols is 1. The van der Waals surface area contributed by atoms with Crippen LogP contribution in [0.3, 0.4) is 0 Å². The fraction of sp³-hybridized carbons (Fsp3) is 0.308. The van der Waals surface area contributed by atoms with Crippen LogP contribution in [0.15, 0.2) is 23.2 Å². The van der Waals surface area contributed by atoms with Crippen LogP contribution in [0, 0.1) is 12.3 Å². The zero-order chi connectivity index (χ0) is 11.8. The van der Waals surface area contributed by atoms with Crippen LogP contribution in [-0.4, -0.2) is 24.5 Å². The van der Waals surface area contributed by atoms with Gasteiger partial charge in [-0.2, -0.15) is 0 Å². The van der Waals surface area contributed by atoms with Crippen LogP contribution in [0.2, 0.25) is 0 Å².